The lowest BCUT2D eigenvalue weighted by atomic mass is 9.96. The molecular weight excluding hydrogens is 276 g/mol. The molecule has 0 bridgehead atoms. The van der Waals surface area contributed by atoms with Crippen LogP contribution in [-0.4, -0.2) is 40.8 Å². The molecule has 0 radical (unpaired) electrons. The molecule has 0 N–H and O–H groups in total. The Bertz CT molecular complexity index is 706. The van der Waals surface area contributed by atoms with Crippen LogP contribution in [0.15, 0.2) is 36.4 Å². The van der Waals surface area contributed by atoms with Crippen molar-refractivity contribution in [2.75, 3.05) is 38.0 Å². The van der Waals surface area contributed by atoms with Gasteiger partial charge in [-0.1, -0.05) is 12.1 Å². The quantitative estimate of drug-likeness (QED) is 0.795. The van der Waals surface area contributed by atoms with Crippen LogP contribution in [0.5, 0.6) is 0 Å². The van der Waals surface area contributed by atoms with Gasteiger partial charge in [-0.3, -0.25) is 9.59 Å². The van der Waals surface area contributed by atoms with E-state index < -0.39 is 0 Å². The van der Waals surface area contributed by atoms with Crippen molar-refractivity contribution < 1.29 is 9.59 Å². The summed E-state index contributed by atoms with van der Waals surface area (Å²) in [5.41, 5.74) is 4.95. The second kappa shape index (κ2) is 6.43. The lowest BCUT2D eigenvalue weighted by molar-refractivity contribution is 0.111. The molecule has 4 heteroatoms. The van der Waals surface area contributed by atoms with Gasteiger partial charge >= 0.3 is 0 Å². The normalized spacial score (nSPS) is 10.2. The Morgan fingerprint density at radius 1 is 0.818 bits per heavy atom. The lowest BCUT2D eigenvalue weighted by Crippen LogP contribution is -2.14. The Morgan fingerprint density at radius 3 is 2.09 bits per heavy atom. The largest absolute Gasteiger partial charge is 0.377 e. The van der Waals surface area contributed by atoms with Crippen LogP contribution < -0.4 is 9.80 Å². The SMILES string of the molecule is CN(C)c1ccc(C=O)cc1-c1cccc(C=O)c1N(C)C. The molecule has 0 aliphatic rings. The van der Waals surface area contributed by atoms with Crippen LogP contribution in [0.4, 0.5) is 11.4 Å². The maximum absolute atomic E-state index is 11.4. The van der Waals surface area contributed by atoms with Crippen LogP contribution in [0.2, 0.25) is 0 Å². The molecule has 114 valence electrons. The standard InChI is InChI=1S/C18H20N2O2/c1-19(2)17-9-8-13(11-21)10-16(17)15-7-5-6-14(12-22)18(15)20(3)4/h5-12H,1-4H3. The molecule has 0 unspecified atom stereocenters. The van der Waals surface area contributed by atoms with E-state index in [4.69, 9.17) is 0 Å². The number of hydrogen-bond acceptors (Lipinski definition) is 4. The summed E-state index contributed by atoms with van der Waals surface area (Å²) in [6.07, 6.45) is 1.69. The summed E-state index contributed by atoms with van der Waals surface area (Å²) in [4.78, 5) is 26.4. The van der Waals surface area contributed by atoms with Crippen LogP contribution in [0, 0.1) is 0 Å². The van der Waals surface area contributed by atoms with E-state index in [1.165, 1.54) is 0 Å². The second-order valence-electron chi connectivity index (χ2n) is 5.54. The van der Waals surface area contributed by atoms with Crippen LogP contribution in [0.25, 0.3) is 11.1 Å². The first kappa shape index (κ1) is 15.8. The molecule has 0 saturated carbocycles. The van der Waals surface area contributed by atoms with Crippen molar-refractivity contribution in [1.82, 2.24) is 0 Å². The predicted octanol–water partition coefficient (Wildman–Crippen LogP) is 3.11. The molecule has 0 fully saturated rings. The van der Waals surface area contributed by atoms with Gasteiger partial charge in [-0.05, 0) is 24.3 Å². The van der Waals surface area contributed by atoms with Gasteiger partial charge in [0.2, 0.25) is 0 Å². The number of aldehydes is 2. The highest BCUT2D eigenvalue weighted by Gasteiger charge is 2.16. The summed E-state index contributed by atoms with van der Waals surface area (Å²) < 4.78 is 0. The van der Waals surface area contributed by atoms with E-state index in [9.17, 15) is 9.59 Å². The van der Waals surface area contributed by atoms with Gasteiger partial charge in [0, 0.05) is 56.1 Å². The van der Waals surface area contributed by atoms with Gasteiger partial charge < -0.3 is 9.80 Å². The lowest BCUT2D eigenvalue weighted by Gasteiger charge is -2.23. The predicted molar refractivity (Wildman–Crippen MR) is 91.3 cm³/mol. The molecule has 0 amide bonds. The number of carbonyl (C=O) groups is 2. The molecule has 0 heterocycles. The van der Waals surface area contributed by atoms with Gasteiger partial charge in [0.1, 0.15) is 6.29 Å². The van der Waals surface area contributed by atoms with Crippen molar-refractivity contribution >= 4 is 23.9 Å². The number of hydrogen-bond donors (Lipinski definition) is 0. The number of nitrogens with zero attached hydrogens (tertiary/aromatic N) is 2. The van der Waals surface area contributed by atoms with Crippen LogP contribution in [0.1, 0.15) is 20.7 Å². The smallest absolute Gasteiger partial charge is 0.152 e. The van der Waals surface area contributed by atoms with Gasteiger partial charge in [-0.15, -0.1) is 0 Å². The van der Waals surface area contributed by atoms with Crippen molar-refractivity contribution in [3.63, 3.8) is 0 Å². The molecule has 0 spiro atoms. The highest BCUT2D eigenvalue weighted by molar-refractivity contribution is 5.97. The van der Waals surface area contributed by atoms with E-state index in [1.54, 1.807) is 12.1 Å². The van der Waals surface area contributed by atoms with Gasteiger partial charge in [0.15, 0.2) is 6.29 Å². The highest BCUT2D eigenvalue weighted by atomic mass is 16.1. The van der Waals surface area contributed by atoms with Crippen LogP contribution in [0.3, 0.4) is 0 Å². The minimum Gasteiger partial charge on any atom is -0.377 e. The summed E-state index contributed by atoms with van der Waals surface area (Å²) in [5.74, 6) is 0. The van der Waals surface area contributed by atoms with Crippen molar-refractivity contribution in [3.8, 4) is 11.1 Å². The molecule has 22 heavy (non-hydrogen) atoms. The van der Waals surface area contributed by atoms with E-state index >= 15 is 0 Å². The maximum Gasteiger partial charge on any atom is 0.152 e. The molecule has 4 nitrogen and oxygen atoms in total. The fourth-order valence-electron chi connectivity index (χ4n) is 2.61. The zero-order valence-electron chi connectivity index (χ0n) is 13.3. The maximum atomic E-state index is 11.4. The number of carbonyl (C=O) groups excluding carboxylic acids is 2. The summed E-state index contributed by atoms with van der Waals surface area (Å²) in [6, 6.07) is 11.2. The molecule has 0 aliphatic heterocycles. The molecular formula is C18H20N2O2. The third kappa shape index (κ3) is 2.86. The Morgan fingerprint density at radius 2 is 1.55 bits per heavy atom. The Balaban J connectivity index is 2.80. The number of benzene rings is 2. The average molecular weight is 296 g/mol. The molecule has 0 aromatic heterocycles. The van der Waals surface area contributed by atoms with Gasteiger partial charge in [-0.2, -0.15) is 0 Å². The summed E-state index contributed by atoms with van der Waals surface area (Å²) in [6.45, 7) is 0. The van der Waals surface area contributed by atoms with Crippen molar-refractivity contribution in [2.24, 2.45) is 0 Å². The fraction of sp³-hybridized carbons (Fsp3) is 0.222. The first-order valence-electron chi connectivity index (χ1n) is 7.02. The number of anilines is 2. The summed E-state index contributed by atoms with van der Waals surface area (Å²) in [7, 11) is 7.73. The van der Waals surface area contributed by atoms with E-state index in [2.05, 4.69) is 0 Å². The van der Waals surface area contributed by atoms with Gasteiger partial charge in [0.05, 0.1) is 5.69 Å². The monoisotopic (exact) mass is 296 g/mol. The van der Waals surface area contributed by atoms with Gasteiger partial charge in [-0.25, -0.2) is 0 Å². The summed E-state index contributed by atoms with van der Waals surface area (Å²) in [5, 5.41) is 0. The van der Waals surface area contributed by atoms with E-state index in [1.807, 2.05) is 62.3 Å². The minimum absolute atomic E-state index is 0.613. The minimum atomic E-state index is 0.613. The zero-order chi connectivity index (χ0) is 16.3. The van der Waals surface area contributed by atoms with Crippen molar-refractivity contribution in [1.29, 1.82) is 0 Å². The molecule has 0 aliphatic carbocycles. The molecule has 0 saturated heterocycles. The van der Waals surface area contributed by atoms with E-state index in [0.29, 0.717) is 11.1 Å². The molecule has 2 aromatic rings. The Hall–Kier alpha value is -2.62. The Kier molecular flexibility index (Phi) is 4.61. The first-order chi connectivity index (χ1) is 10.5. The number of para-hydroxylation sites is 1. The number of rotatable bonds is 5. The Labute approximate surface area is 131 Å². The van der Waals surface area contributed by atoms with E-state index in [-0.39, 0.29) is 0 Å². The highest BCUT2D eigenvalue weighted by Crippen LogP contribution is 2.38. The summed E-state index contributed by atoms with van der Waals surface area (Å²) >= 11 is 0. The van der Waals surface area contributed by atoms with Gasteiger partial charge in [0.25, 0.3) is 0 Å². The van der Waals surface area contributed by atoms with E-state index in [0.717, 1.165) is 35.1 Å². The molecule has 2 aromatic carbocycles. The molecule has 0 atom stereocenters. The zero-order valence-corrected chi connectivity index (χ0v) is 13.3. The average Bonchev–Trinajstić information content (AvgIpc) is 2.53. The van der Waals surface area contributed by atoms with Crippen molar-refractivity contribution in [2.45, 2.75) is 0 Å². The molecule has 2 rings (SSSR count). The second-order valence-corrected chi connectivity index (χ2v) is 5.54. The van der Waals surface area contributed by atoms with Crippen molar-refractivity contribution in [3.05, 3.63) is 47.5 Å². The third-order valence-corrected chi connectivity index (χ3v) is 3.57. The fourth-order valence-corrected chi connectivity index (χ4v) is 2.61. The van der Waals surface area contributed by atoms with Crippen LogP contribution >= 0.6 is 0 Å². The van der Waals surface area contributed by atoms with Crippen LogP contribution in [-0.2, 0) is 0 Å². The topological polar surface area (TPSA) is 40.6 Å². The first-order valence-corrected chi connectivity index (χ1v) is 7.02. The third-order valence-electron chi connectivity index (χ3n) is 3.57.